The molecule has 2 unspecified atom stereocenters. The SMILES string of the molecule is COc1ccc(-c2csc(C(=O)N3C4CCC3CC(Cc3ccc(NC(=O)Nc5cc(C(C)(C)C)nn5-c5ccc(C)cc5)cc3)C4)c2)cc1. The highest BCUT2D eigenvalue weighted by molar-refractivity contribution is 7.12. The Bertz CT molecular complexity index is 1960. The van der Waals surface area contributed by atoms with Crippen LogP contribution in [0, 0.1) is 12.8 Å². The molecule has 7 rings (SSSR count). The van der Waals surface area contributed by atoms with Crippen molar-refractivity contribution in [3.8, 4) is 22.6 Å². The van der Waals surface area contributed by atoms with E-state index in [1.807, 2.05) is 79.7 Å². The lowest BCUT2D eigenvalue weighted by Gasteiger charge is -2.39. The molecule has 4 heterocycles. The number of fused-ring (bicyclic) bond motifs is 2. The molecular weight excluding hydrogens is 643 g/mol. The number of nitrogens with zero attached hydrogens (tertiary/aromatic N) is 3. The summed E-state index contributed by atoms with van der Waals surface area (Å²) in [6.45, 7) is 8.38. The molecule has 2 atom stereocenters. The number of ether oxygens (including phenoxy) is 1. The van der Waals surface area contributed by atoms with Crippen molar-refractivity contribution in [2.75, 3.05) is 17.7 Å². The monoisotopic (exact) mass is 687 g/mol. The van der Waals surface area contributed by atoms with Crippen LogP contribution < -0.4 is 15.4 Å². The molecule has 0 aliphatic carbocycles. The van der Waals surface area contributed by atoms with Crippen LogP contribution >= 0.6 is 11.3 Å². The van der Waals surface area contributed by atoms with Crippen LogP contribution in [0.5, 0.6) is 5.75 Å². The van der Waals surface area contributed by atoms with Gasteiger partial charge in [-0.05, 0) is 109 Å². The third-order valence-corrected chi connectivity index (χ3v) is 11.0. The van der Waals surface area contributed by atoms with E-state index in [1.54, 1.807) is 11.8 Å². The van der Waals surface area contributed by atoms with Crippen LogP contribution in [0.25, 0.3) is 16.8 Å². The summed E-state index contributed by atoms with van der Waals surface area (Å²) in [7, 11) is 1.66. The van der Waals surface area contributed by atoms with Gasteiger partial charge in [0.05, 0.1) is 23.4 Å². The molecule has 2 aliphatic rings. The number of amides is 3. The van der Waals surface area contributed by atoms with Crippen LogP contribution in [-0.2, 0) is 11.8 Å². The Labute approximate surface area is 298 Å². The van der Waals surface area contributed by atoms with E-state index in [1.165, 1.54) is 16.9 Å². The Morgan fingerprint density at radius 2 is 1.56 bits per heavy atom. The molecule has 2 aliphatic heterocycles. The molecule has 50 heavy (non-hydrogen) atoms. The number of hydrogen-bond donors (Lipinski definition) is 2. The Morgan fingerprint density at radius 1 is 0.880 bits per heavy atom. The largest absolute Gasteiger partial charge is 0.497 e. The second-order valence-electron chi connectivity index (χ2n) is 14.8. The fourth-order valence-electron chi connectivity index (χ4n) is 7.35. The van der Waals surface area contributed by atoms with Crippen molar-refractivity contribution in [2.45, 2.75) is 77.3 Å². The normalized spacial score (nSPS) is 18.6. The summed E-state index contributed by atoms with van der Waals surface area (Å²) in [5, 5.41) is 12.9. The molecule has 2 N–H and O–H groups in total. The van der Waals surface area contributed by atoms with Gasteiger partial charge in [0.1, 0.15) is 11.6 Å². The number of benzene rings is 3. The van der Waals surface area contributed by atoms with Gasteiger partial charge in [-0.2, -0.15) is 5.10 Å². The number of urea groups is 1. The molecule has 3 aromatic carbocycles. The predicted octanol–water partition coefficient (Wildman–Crippen LogP) is 9.49. The first-order valence-corrected chi connectivity index (χ1v) is 18.3. The predicted molar refractivity (Wildman–Crippen MR) is 202 cm³/mol. The van der Waals surface area contributed by atoms with Gasteiger partial charge >= 0.3 is 6.03 Å². The van der Waals surface area contributed by atoms with Gasteiger partial charge in [-0.3, -0.25) is 10.1 Å². The van der Waals surface area contributed by atoms with Crippen molar-refractivity contribution in [1.82, 2.24) is 14.7 Å². The van der Waals surface area contributed by atoms with Gasteiger partial charge in [-0.25, -0.2) is 9.48 Å². The zero-order valence-electron chi connectivity index (χ0n) is 29.4. The first-order chi connectivity index (χ1) is 24.0. The van der Waals surface area contributed by atoms with Crippen LogP contribution in [0.4, 0.5) is 16.3 Å². The maximum absolute atomic E-state index is 13.7. The number of piperidine rings is 1. The Morgan fingerprint density at radius 3 is 2.20 bits per heavy atom. The zero-order valence-corrected chi connectivity index (χ0v) is 30.2. The fourth-order valence-corrected chi connectivity index (χ4v) is 8.21. The van der Waals surface area contributed by atoms with Gasteiger partial charge in [-0.1, -0.05) is 62.7 Å². The van der Waals surface area contributed by atoms with Crippen LogP contribution in [0.1, 0.15) is 72.9 Å². The van der Waals surface area contributed by atoms with E-state index in [0.717, 1.165) is 76.5 Å². The minimum Gasteiger partial charge on any atom is -0.497 e. The smallest absolute Gasteiger partial charge is 0.324 e. The maximum Gasteiger partial charge on any atom is 0.324 e. The minimum atomic E-state index is -0.318. The highest BCUT2D eigenvalue weighted by Crippen LogP contribution is 2.42. The highest BCUT2D eigenvalue weighted by Gasteiger charge is 2.43. The molecule has 258 valence electrons. The van der Waals surface area contributed by atoms with Gasteiger partial charge in [0.25, 0.3) is 5.91 Å². The average molecular weight is 688 g/mol. The summed E-state index contributed by atoms with van der Waals surface area (Å²) in [4.78, 5) is 29.9. The molecule has 2 fully saturated rings. The summed E-state index contributed by atoms with van der Waals surface area (Å²) in [5.74, 6) is 2.13. The first kappa shape index (κ1) is 33.6. The topological polar surface area (TPSA) is 88.5 Å². The summed E-state index contributed by atoms with van der Waals surface area (Å²) in [5.41, 5.74) is 6.91. The van der Waals surface area contributed by atoms with Gasteiger partial charge in [0.15, 0.2) is 0 Å². The van der Waals surface area contributed by atoms with Gasteiger partial charge in [-0.15, -0.1) is 11.3 Å². The van der Waals surface area contributed by atoms with Crippen LogP contribution in [-0.4, -0.2) is 45.8 Å². The summed E-state index contributed by atoms with van der Waals surface area (Å²) in [6, 6.07) is 28.5. The number of aryl methyl sites for hydroxylation is 1. The molecule has 2 saturated heterocycles. The number of rotatable bonds is 8. The van der Waals surface area contributed by atoms with E-state index in [2.05, 4.69) is 53.8 Å². The number of aromatic nitrogens is 2. The second kappa shape index (κ2) is 13.8. The Hall–Kier alpha value is -4.89. The molecule has 2 bridgehead atoms. The summed E-state index contributed by atoms with van der Waals surface area (Å²) in [6.07, 6.45) is 5.15. The van der Waals surface area contributed by atoms with Crippen LogP contribution in [0.2, 0.25) is 0 Å². The second-order valence-corrected chi connectivity index (χ2v) is 15.7. The van der Waals surface area contributed by atoms with E-state index in [-0.39, 0.29) is 29.4 Å². The lowest BCUT2D eigenvalue weighted by atomic mass is 9.85. The summed E-state index contributed by atoms with van der Waals surface area (Å²) >= 11 is 1.54. The van der Waals surface area contributed by atoms with Crippen molar-refractivity contribution in [3.05, 3.63) is 112 Å². The number of anilines is 2. The standard InChI is InChI=1S/C41H45N5O3S/c1-26-6-14-32(15-7-26)46-38(24-37(44-46)41(2,3)4)43-40(48)42-31-12-8-27(9-13-31)20-28-21-33-16-17-34(22-28)45(33)39(47)36-23-30(25-50-36)29-10-18-35(49-5)19-11-29/h6-15,18-19,23-25,28,33-34H,16-17,20-22H2,1-5H3,(H2,42,43,48). The lowest BCUT2D eigenvalue weighted by Crippen LogP contribution is -2.46. The maximum atomic E-state index is 13.7. The van der Waals surface area contributed by atoms with E-state index < -0.39 is 0 Å². The van der Waals surface area contributed by atoms with Crippen LogP contribution in [0.15, 0.2) is 90.3 Å². The first-order valence-electron chi connectivity index (χ1n) is 17.4. The number of hydrogen-bond acceptors (Lipinski definition) is 5. The number of carbonyl (C=O) groups is 2. The highest BCUT2D eigenvalue weighted by atomic mass is 32.1. The quantitative estimate of drug-likeness (QED) is 0.170. The molecule has 3 amide bonds. The molecule has 0 saturated carbocycles. The van der Waals surface area contributed by atoms with Crippen molar-refractivity contribution in [1.29, 1.82) is 0 Å². The third kappa shape index (κ3) is 7.19. The summed E-state index contributed by atoms with van der Waals surface area (Å²) < 4.78 is 7.08. The molecule has 0 radical (unpaired) electrons. The van der Waals surface area contributed by atoms with Crippen molar-refractivity contribution in [2.24, 2.45) is 5.92 Å². The van der Waals surface area contributed by atoms with Crippen LogP contribution in [0.3, 0.4) is 0 Å². The number of nitrogens with one attached hydrogen (secondary N) is 2. The van der Waals surface area contributed by atoms with Crippen molar-refractivity contribution >= 4 is 34.8 Å². The van der Waals surface area contributed by atoms with E-state index in [0.29, 0.717) is 11.7 Å². The number of methoxy groups -OCH3 is 1. The Balaban J connectivity index is 0.952. The van der Waals surface area contributed by atoms with Gasteiger partial charge in [0.2, 0.25) is 0 Å². The third-order valence-electron chi connectivity index (χ3n) is 10.0. The molecule has 9 heteroatoms. The van der Waals surface area contributed by atoms with E-state index in [4.69, 9.17) is 9.84 Å². The van der Waals surface area contributed by atoms with Crippen molar-refractivity contribution in [3.63, 3.8) is 0 Å². The molecule has 2 aromatic heterocycles. The van der Waals surface area contributed by atoms with Gasteiger partial charge in [0, 0.05) is 29.3 Å². The van der Waals surface area contributed by atoms with E-state index in [9.17, 15) is 9.59 Å². The Kier molecular flexibility index (Phi) is 9.26. The van der Waals surface area contributed by atoms with E-state index >= 15 is 0 Å². The zero-order chi connectivity index (χ0) is 35.0. The number of thiophene rings is 1. The number of carbonyl (C=O) groups excluding carboxylic acids is 2. The lowest BCUT2D eigenvalue weighted by molar-refractivity contribution is 0.0529. The minimum absolute atomic E-state index is 0.170. The van der Waals surface area contributed by atoms with Crippen molar-refractivity contribution < 1.29 is 14.3 Å². The molecular formula is C41H45N5O3S. The molecule has 8 nitrogen and oxygen atoms in total. The molecule has 0 spiro atoms. The average Bonchev–Trinajstić information content (AvgIpc) is 3.83. The van der Waals surface area contributed by atoms with Gasteiger partial charge < -0.3 is 15.0 Å². The molecule has 5 aromatic rings. The fraction of sp³-hybridized carbons (Fsp3) is 0.341.